The third-order valence-corrected chi connectivity index (χ3v) is 2.61. The molecule has 0 fully saturated rings. The summed E-state index contributed by atoms with van der Waals surface area (Å²) in [5, 5.41) is 9.85. The first-order valence-electron chi connectivity index (χ1n) is 5.06. The van der Waals surface area contributed by atoms with Gasteiger partial charge < -0.3 is 9.84 Å². The normalized spacial score (nSPS) is 15.9. The Morgan fingerprint density at radius 1 is 1.36 bits per heavy atom. The van der Waals surface area contributed by atoms with Gasteiger partial charge in [0, 0.05) is 0 Å². The van der Waals surface area contributed by atoms with Crippen LogP contribution in [-0.4, -0.2) is 11.7 Å². The van der Waals surface area contributed by atoms with Gasteiger partial charge in [-0.15, -0.1) is 0 Å². The van der Waals surface area contributed by atoms with Crippen molar-refractivity contribution in [1.29, 1.82) is 0 Å². The van der Waals surface area contributed by atoms with Crippen molar-refractivity contribution in [2.24, 2.45) is 0 Å². The molecule has 14 heavy (non-hydrogen) atoms. The van der Waals surface area contributed by atoms with E-state index in [9.17, 15) is 5.11 Å². The van der Waals surface area contributed by atoms with Gasteiger partial charge in [0.25, 0.3) is 0 Å². The molecule has 0 unspecified atom stereocenters. The van der Waals surface area contributed by atoms with Crippen molar-refractivity contribution in [3.05, 3.63) is 29.3 Å². The molecule has 76 valence electrons. The zero-order chi connectivity index (χ0) is 10.2. The van der Waals surface area contributed by atoms with Gasteiger partial charge in [0.2, 0.25) is 0 Å². The van der Waals surface area contributed by atoms with Crippen LogP contribution in [0.15, 0.2) is 18.2 Å². The highest BCUT2D eigenvalue weighted by atomic mass is 16.5. The first-order valence-corrected chi connectivity index (χ1v) is 5.06. The molecule has 2 heteroatoms. The Hall–Kier alpha value is -1.02. The molecule has 0 aromatic heterocycles. The Kier molecular flexibility index (Phi) is 2.23. The van der Waals surface area contributed by atoms with E-state index in [4.69, 9.17) is 4.74 Å². The molecule has 0 saturated carbocycles. The summed E-state index contributed by atoms with van der Waals surface area (Å²) in [6.07, 6.45) is 2.13. The molecule has 0 amide bonds. The maximum absolute atomic E-state index is 9.85. The van der Waals surface area contributed by atoms with Gasteiger partial charge >= 0.3 is 0 Å². The summed E-state index contributed by atoms with van der Waals surface area (Å²) in [6.45, 7) is 4.42. The van der Waals surface area contributed by atoms with E-state index in [1.165, 1.54) is 5.56 Å². The smallest absolute Gasteiger partial charge is 0.122 e. The molecule has 1 N–H and O–H groups in total. The predicted octanol–water partition coefficient (Wildman–Crippen LogP) is 2.24. The van der Waals surface area contributed by atoms with Crippen LogP contribution < -0.4 is 4.74 Å². The lowest BCUT2D eigenvalue weighted by Crippen LogP contribution is -2.17. The van der Waals surface area contributed by atoms with Gasteiger partial charge in [0.05, 0.1) is 12.2 Å². The fraction of sp³-hybridized carbons (Fsp3) is 0.500. The lowest BCUT2D eigenvalue weighted by atomic mass is 9.94. The number of aliphatic hydroxyl groups is 1. The Bertz CT molecular complexity index is 337. The third-order valence-electron chi connectivity index (χ3n) is 2.61. The SMILES string of the molecule is CC(C)(O)c1ccc2c(c1)CCCO2. The van der Waals surface area contributed by atoms with Gasteiger partial charge in [-0.25, -0.2) is 0 Å². The number of fused-ring (bicyclic) bond motifs is 1. The van der Waals surface area contributed by atoms with E-state index < -0.39 is 5.60 Å². The highest BCUT2D eigenvalue weighted by molar-refractivity contribution is 5.40. The Morgan fingerprint density at radius 3 is 2.86 bits per heavy atom. The molecular weight excluding hydrogens is 176 g/mol. The molecule has 1 aromatic carbocycles. The van der Waals surface area contributed by atoms with Crippen molar-refractivity contribution in [1.82, 2.24) is 0 Å². The van der Waals surface area contributed by atoms with Gasteiger partial charge in [-0.2, -0.15) is 0 Å². The van der Waals surface area contributed by atoms with Crippen LogP contribution in [0.5, 0.6) is 5.75 Å². The van der Waals surface area contributed by atoms with E-state index in [0.29, 0.717) is 0 Å². The van der Waals surface area contributed by atoms with E-state index in [2.05, 4.69) is 6.07 Å². The molecule has 1 heterocycles. The lowest BCUT2D eigenvalue weighted by molar-refractivity contribution is 0.0783. The molecule has 0 spiro atoms. The van der Waals surface area contributed by atoms with Crippen molar-refractivity contribution >= 4 is 0 Å². The molecule has 2 nitrogen and oxygen atoms in total. The highest BCUT2D eigenvalue weighted by Crippen LogP contribution is 2.29. The topological polar surface area (TPSA) is 29.5 Å². The van der Waals surface area contributed by atoms with Crippen LogP contribution in [0.4, 0.5) is 0 Å². The minimum absolute atomic E-state index is 0.757. The van der Waals surface area contributed by atoms with Crippen LogP contribution in [0.25, 0.3) is 0 Å². The Morgan fingerprint density at radius 2 is 2.14 bits per heavy atom. The lowest BCUT2D eigenvalue weighted by Gasteiger charge is -2.22. The molecule has 0 saturated heterocycles. The van der Waals surface area contributed by atoms with Gasteiger partial charge in [0.15, 0.2) is 0 Å². The molecule has 0 radical (unpaired) electrons. The molecule has 0 aliphatic carbocycles. The Labute approximate surface area is 84.5 Å². The second kappa shape index (κ2) is 3.28. The van der Waals surface area contributed by atoms with E-state index in [0.717, 1.165) is 30.8 Å². The largest absolute Gasteiger partial charge is 0.493 e. The molecule has 2 rings (SSSR count). The summed E-state index contributed by atoms with van der Waals surface area (Å²) in [7, 11) is 0. The number of rotatable bonds is 1. The Balaban J connectivity index is 2.39. The van der Waals surface area contributed by atoms with E-state index >= 15 is 0 Å². The van der Waals surface area contributed by atoms with Gasteiger partial charge in [0.1, 0.15) is 5.75 Å². The fourth-order valence-corrected chi connectivity index (χ4v) is 1.74. The standard InChI is InChI=1S/C12H16O2/c1-12(2,13)10-5-6-11-9(8-10)4-3-7-14-11/h5-6,8,13H,3-4,7H2,1-2H3. The van der Waals surface area contributed by atoms with Crippen molar-refractivity contribution in [3.63, 3.8) is 0 Å². The summed E-state index contributed by atoms with van der Waals surface area (Å²) in [5.41, 5.74) is 1.42. The predicted molar refractivity (Wildman–Crippen MR) is 55.5 cm³/mol. The molecule has 1 aromatic rings. The van der Waals surface area contributed by atoms with Crippen LogP contribution in [0.3, 0.4) is 0 Å². The summed E-state index contributed by atoms with van der Waals surface area (Å²) in [6, 6.07) is 5.94. The summed E-state index contributed by atoms with van der Waals surface area (Å²) in [5.74, 6) is 0.976. The van der Waals surface area contributed by atoms with Crippen LogP contribution in [-0.2, 0) is 12.0 Å². The minimum Gasteiger partial charge on any atom is -0.493 e. The molecule has 1 aliphatic heterocycles. The number of benzene rings is 1. The summed E-state index contributed by atoms with van der Waals surface area (Å²) >= 11 is 0. The van der Waals surface area contributed by atoms with E-state index in [1.807, 2.05) is 12.1 Å². The molecule has 0 bridgehead atoms. The second-order valence-corrected chi connectivity index (χ2v) is 4.33. The summed E-state index contributed by atoms with van der Waals surface area (Å²) in [4.78, 5) is 0. The highest BCUT2D eigenvalue weighted by Gasteiger charge is 2.18. The average Bonchev–Trinajstić information content (AvgIpc) is 2.16. The number of hydrogen-bond donors (Lipinski definition) is 1. The molecular formula is C12H16O2. The fourth-order valence-electron chi connectivity index (χ4n) is 1.74. The van der Waals surface area contributed by atoms with Gasteiger partial charge in [-0.05, 0) is 49.9 Å². The quantitative estimate of drug-likeness (QED) is 0.739. The van der Waals surface area contributed by atoms with Crippen LogP contribution in [0.1, 0.15) is 31.4 Å². The maximum Gasteiger partial charge on any atom is 0.122 e. The van der Waals surface area contributed by atoms with Gasteiger partial charge in [-0.3, -0.25) is 0 Å². The first kappa shape index (κ1) is 9.53. The number of ether oxygens (including phenoxy) is 1. The van der Waals surface area contributed by atoms with Crippen LogP contribution in [0, 0.1) is 0 Å². The van der Waals surface area contributed by atoms with Crippen molar-refractivity contribution in [3.8, 4) is 5.75 Å². The average molecular weight is 192 g/mol. The number of aryl methyl sites for hydroxylation is 1. The second-order valence-electron chi connectivity index (χ2n) is 4.33. The molecule has 1 aliphatic rings. The zero-order valence-corrected chi connectivity index (χ0v) is 8.71. The van der Waals surface area contributed by atoms with Crippen molar-refractivity contribution in [2.45, 2.75) is 32.3 Å². The number of hydrogen-bond acceptors (Lipinski definition) is 2. The monoisotopic (exact) mass is 192 g/mol. The maximum atomic E-state index is 9.85. The van der Waals surface area contributed by atoms with E-state index in [-0.39, 0.29) is 0 Å². The third kappa shape index (κ3) is 1.75. The van der Waals surface area contributed by atoms with E-state index in [1.54, 1.807) is 13.8 Å². The van der Waals surface area contributed by atoms with Crippen molar-refractivity contribution in [2.75, 3.05) is 6.61 Å². The van der Waals surface area contributed by atoms with Crippen LogP contribution in [0.2, 0.25) is 0 Å². The van der Waals surface area contributed by atoms with Gasteiger partial charge in [-0.1, -0.05) is 6.07 Å². The zero-order valence-electron chi connectivity index (χ0n) is 8.71. The first-order chi connectivity index (χ1) is 6.57. The summed E-state index contributed by atoms with van der Waals surface area (Å²) < 4.78 is 5.51. The van der Waals surface area contributed by atoms with Crippen LogP contribution >= 0.6 is 0 Å². The van der Waals surface area contributed by atoms with Crippen molar-refractivity contribution < 1.29 is 9.84 Å². The minimum atomic E-state index is -0.757. The molecule has 0 atom stereocenters.